The first-order valence-electron chi connectivity index (χ1n) is 6.58. The highest BCUT2D eigenvalue weighted by Crippen LogP contribution is 2.24. The van der Waals surface area contributed by atoms with Crippen LogP contribution in [0.2, 0.25) is 0 Å². The second-order valence-corrected chi connectivity index (χ2v) is 5.87. The summed E-state index contributed by atoms with van der Waals surface area (Å²) in [6, 6.07) is 5.92. The van der Waals surface area contributed by atoms with Gasteiger partial charge in [-0.05, 0) is 43.6 Å². The lowest BCUT2D eigenvalue weighted by Crippen LogP contribution is -2.39. The molecule has 1 aliphatic heterocycles. The van der Waals surface area contributed by atoms with Crippen LogP contribution in [0, 0.1) is 5.92 Å². The van der Waals surface area contributed by atoms with Crippen molar-refractivity contribution in [1.82, 2.24) is 10.2 Å². The predicted molar refractivity (Wildman–Crippen MR) is 80.6 cm³/mol. The summed E-state index contributed by atoms with van der Waals surface area (Å²) in [6.07, 6.45) is 1.87. The Morgan fingerprint density at radius 1 is 1.47 bits per heavy atom. The van der Waals surface area contributed by atoms with Crippen molar-refractivity contribution in [3.8, 4) is 0 Å². The van der Waals surface area contributed by atoms with E-state index in [0.717, 1.165) is 42.6 Å². The molecule has 0 unspecified atom stereocenters. The van der Waals surface area contributed by atoms with Crippen LogP contribution in [0.5, 0.6) is 0 Å². The summed E-state index contributed by atoms with van der Waals surface area (Å²) in [5.41, 5.74) is 7.75. The fraction of sp³-hybridized carbons (Fsp3) is 0.500. The number of nitrogens with two attached hydrogens (primary N) is 1. The molecule has 4 nitrogen and oxygen atoms in total. The van der Waals surface area contributed by atoms with Crippen molar-refractivity contribution < 1.29 is 4.79 Å². The fourth-order valence-electron chi connectivity index (χ4n) is 2.49. The fourth-order valence-corrected chi connectivity index (χ4v) is 3.01. The standard InChI is InChI=1S/C14H20BrN3O/c1-17-14(19)10-4-6-18(7-5-10)9-11-2-3-12(16)8-13(11)15/h2-3,8,10H,4-7,9,16H2,1H3,(H,17,19). The number of carbonyl (C=O) groups is 1. The SMILES string of the molecule is CNC(=O)C1CCN(Cc2ccc(N)cc2Br)CC1. The monoisotopic (exact) mass is 325 g/mol. The zero-order chi connectivity index (χ0) is 13.8. The molecule has 1 aromatic rings. The molecule has 3 N–H and O–H groups in total. The second-order valence-electron chi connectivity index (χ2n) is 5.02. The van der Waals surface area contributed by atoms with Crippen LogP contribution in [0.3, 0.4) is 0 Å². The number of hydrogen-bond acceptors (Lipinski definition) is 3. The van der Waals surface area contributed by atoms with E-state index in [1.807, 2.05) is 12.1 Å². The summed E-state index contributed by atoms with van der Waals surface area (Å²) in [7, 11) is 1.71. The van der Waals surface area contributed by atoms with Gasteiger partial charge in [-0.2, -0.15) is 0 Å². The van der Waals surface area contributed by atoms with Crippen molar-refractivity contribution in [2.24, 2.45) is 5.92 Å². The molecule has 0 atom stereocenters. The van der Waals surface area contributed by atoms with E-state index in [0.29, 0.717) is 0 Å². The maximum atomic E-state index is 11.6. The van der Waals surface area contributed by atoms with Crippen LogP contribution in [0.1, 0.15) is 18.4 Å². The number of nitrogens with one attached hydrogen (secondary N) is 1. The van der Waals surface area contributed by atoms with Gasteiger partial charge >= 0.3 is 0 Å². The Labute approximate surface area is 122 Å². The van der Waals surface area contributed by atoms with E-state index in [1.54, 1.807) is 7.05 Å². The van der Waals surface area contributed by atoms with Crippen molar-refractivity contribution in [1.29, 1.82) is 0 Å². The lowest BCUT2D eigenvalue weighted by atomic mass is 9.95. The molecule has 104 valence electrons. The van der Waals surface area contributed by atoms with Gasteiger partial charge in [0.25, 0.3) is 0 Å². The zero-order valence-corrected chi connectivity index (χ0v) is 12.7. The maximum Gasteiger partial charge on any atom is 0.222 e. The highest BCUT2D eigenvalue weighted by atomic mass is 79.9. The van der Waals surface area contributed by atoms with Gasteiger partial charge in [-0.1, -0.05) is 22.0 Å². The highest BCUT2D eigenvalue weighted by molar-refractivity contribution is 9.10. The first-order chi connectivity index (χ1) is 9.10. The van der Waals surface area contributed by atoms with Crippen LogP contribution in [0.25, 0.3) is 0 Å². The molecule has 0 bridgehead atoms. The number of piperidine rings is 1. The second kappa shape index (κ2) is 6.39. The molecule has 2 rings (SSSR count). The third-order valence-electron chi connectivity index (χ3n) is 3.68. The smallest absolute Gasteiger partial charge is 0.222 e. The molecule has 1 aromatic carbocycles. The Morgan fingerprint density at radius 3 is 2.74 bits per heavy atom. The lowest BCUT2D eigenvalue weighted by molar-refractivity contribution is -0.125. The maximum absolute atomic E-state index is 11.6. The van der Waals surface area contributed by atoms with Crippen molar-refractivity contribution >= 4 is 27.5 Å². The minimum Gasteiger partial charge on any atom is -0.399 e. The molecule has 19 heavy (non-hydrogen) atoms. The Balaban J connectivity index is 1.90. The molecule has 1 saturated heterocycles. The van der Waals surface area contributed by atoms with Crippen molar-refractivity contribution in [2.75, 3.05) is 25.9 Å². The largest absolute Gasteiger partial charge is 0.399 e. The first kappa shape index (κ1) is 14.3. The van der Waals surface area contributed by atoms with Crippen LogP contribution in [0.15, 0.2) is 22.7 Å². The highest BCUT2D eigenvalue weighted by Gasteiger charge is 2.24. The van der Waals surface area contributed by atoms with E-state index in [9.17, 15) is 4.79 Å². The van der Waals surface area contributed by atoms with Crippen LogP contribution >= 0.6 is 15.9 Å². The summed E-state index contributed by atoms with van der Waals surface area (Å²) in [5, 5.41) is 2.74. The average molecular weight is 326 g/mol. The molecular formula is C14H20BrN3O. The number of nitrogens with zero attached hydrogens (tertiary/aromatic N) is 1. The molecule has 1 heterocycles. The van der Waals surface area contributed by atoms with Crippen molar-refractivity contribution in [3.63, 3.8) is 0 Å². The third-order valence-corrected chi connectivity index (χ3v) is 4.41. The topological polar surface area (TPSA) is 58.4 Å². The number of likely N-dealkylation sites (tertiary alicyclic amines) is 1. The number of carbonyl (C=O) groups excluding carboxylic acids is 1. The molecule has 5 heteroatoms. The summed E-state index contributed by atoms with van der Waals surface area (Å²) >= 11 is 3.55. The predicted octanol–water partition coefficient (Wildman–Crippen LogP) is 1.99. The normalized spacial score (nSPS) is 17.4. The zero-order valence-electron chi connectivity index (χ0n) is 11.2. The van der Waals surface area contributed by atoms with Gasteiger partial charge < -0.3 is 11.1 Å². The van der Waals surface area contributed by atoms with E-state index < -0.39 is 0 Å². The first-order valence-corrected chi connectivity index (χ1v) is 7.37. The number of amides is 1. The Bertz CT molecular complexity index is 456. The number of hydrogen-bond donors (Lipinski definition) is 2. The van der Waals surface area contributed by atoms with Crippen LogP contribution < -0.4 is 11.1 Å². The van der Waals surface area contributed by atoms with Gasteiger partial charge in [0.2, 0.25) is 5.91 Å². The average Bonchev–Trinajstić information content (AvgIpc) is 2.42. The van der Waals surface area contributed by atoms with Gasteiger partial charge in [0.05, 0.1) is 0 Å². The molecule has 0 aromatic heterocycles. The third kappa shape index (κ3) is 3.70. The number of rotatable bonds is 3. The van der Waals surface area contributed by atoms with Gasteiger partial charge in [0, 0.05) is 29.7 Å². The van der Waals surface area contributed by atoms with Crippen LogP contribution in [-0.2, 0) is 11.3 Å². The molecule has 0 aliphatic carbocycles. The minimum absolute atomic E-state index is 0.174. The molecule has 1 aliphatic rings. The molecule has 1 amide bonds. The molecule has 0 radical (unpaired) electrons. The summed E-state index contributed by atoms with van der Waals surface area (Å²) in [4.78, 5) is 14.0. The Morgan fingerprint density at radius 2 is 2.16 bits per heavy atom. The lowest BCUT2D eigenvalue weighted by Gasteiger charge is -2.31. The van der Waals surface area contributed by atoms with E-state index >= 15 is 0 Å². The van der Waals surface area contributed by atoms with Gasteiger partial charge in [0.15, 0.2) is 0 Å². The summed E-state index contributed by atoms with van der Waals surface area (Å²) in [6.45, 7) is 2.84. The van der Waals surface area contributed by atoms with Crippen molar-refractivity contribution in [3.05, 3.63) is 28.2 Å². The van der Waals surface area contributed by atoms with E-state index in [2.05, 4.69) is 32.2 Å². The Kier molecular flexibility index (Phi) is 4.82. The minimum atomic E-state index is 0.174. The molecule has 1 fully saturated rings. The summed E-state index contributed by atoms with van der Waals surface area (Å²) < 4.78 is 1.06. The van der Waals surface area contributed by atoms with Gasteiger partial charge in [-0.3, -0.25) is 9.69 Å². The van der Waals surface area contributed by atoms with Crippen LogP contribution in [0.4, 0.5) is 5.69 Å². The number of anilines is 1. The number of nitrogen functional groups attached to an aromatic ring is 1. The summed E-state index contributed by atoms with van der Waals surface area (Å²) in [5.74, 6) is 0.351. The van der Waals surface area contributed by atoms with E-state index in [1.165, 1.54) is 5.56 Å². The number of benzene rings is 1. The van der Waals surface area contributed by atoms with Gasteiger partial charge in [0.1, 0.15) is 0 Å². The van der Waals surface area contributed by atoms with Gasteiger partial charge in [-0.25, -0.2) is 0 Å². The molecule has 0 spiro atoms. The van der Waals surface area contributed by atoms with Crippen LogP contribution in [-0.4, -0.2) is 30.9 Å². The van der Waals surface area contributed by atoms with E-state index in [4.69, 9.17) is 5.73 Å². The van der Waals surface area contributed by atoms with Gasteiger partial charge in [-0.15, -0.1) is 0 Å². The molecule has 0 saturated carbocycles. The van der Waals surface area contributed by atoms with E-state index in [-0.39, 0.29) is 11.8 Å². The number of halogens is 1. The quantitative estimate of drug-likeness (QED) is 0.835. The van der Waals surface area contributed by atoms with Crippen molar-refractivity contribution in [2.45, 2.75) is 19.4 Å². The Hall–Kier alpha value is -1.07. The molecular weight excluding hydrogens is 306 g/mol.